The zero-order chi connectivity index (χ0) is 19.1. The largest absolute Gasteiger partial charge is 0.342 e. The van der Waals surface area contributed by atoms with Crippen LogP contribution in [0.25, 0.3) is 0 Å². The van der Waals surface area contributed by atoms with Crippen molar-refractivity contribution in [2.24, 2.45) is 0 Å². The number of amides is 2. The van der Waals surface area contributed by atoms with Crippen LogP contribution in [0.1, 0.15) is 22.3 Å². The first-order valence-electron chi connectivity index (χ1n) is 8.85. The normalized spacial score (nSPS) is 11.7. The first-order chi connectivity index (χ1) is 12.4. The van der Waals surface area contributed by atoms with Crippen molar-refractivity contribution in [2.45, 2.75) is 27.3 Å². The van der Waals surface area contributed by atoms with Gasteiger partial charge in [-0.05, 0) is 43.5 Å². The van der Waals surface area contributed by atoms with Crippen LogP contribution in [0.2, 0.25) is 0 Å². The molecule has 2 amide bonds. The molecule has 0 heterocycles. The fourth-order valence-corrected chi connectivity index (χ4v) is 2.79. The maximum atomic E-state index is 12.1. The lowest BCUT2D eigenvalue weighted by Crippen LogP contribution is -3.09. The van der Waals surface area contributed by atoms with Crippen LogP contribution in [0.15, 0.2) is 42.5 Å². The minimum atomic E-state index is -0.219. The molecule has 1 unspecified atom stereocenters. The highest BCUT2D eigenvalue weighted by molar-refractivity contribution is 5.95. The molecule has 0 fully saturated rings. The summed E-state index contributed by atoms with van der Waals surface area (Å²) in [6, 6.07) is 13.9. The third-order valence-corrected chi connectivity index (χ3v) is 4.54. The second-order valence-electron chi connectivity index (χ2n) is 6.81. The van der Waals surface area contributed by atoms with E-state index in [1.807, 2.05) is 51.2 Å². The molecular formula is C21H28N3O2+. The van der Waals surface area contributed by atoms with E-state index in [1.54, 1.807) is 0 Å². The van der Waals surface area contributed by atoms with Crippen molar-refractivity contribution in [1.82, 2.24) is 5.32 Å². The van der Waals surface area contributed by atoms with Gasteiger partial charge in [0, 0.05) is 11.3 Å². The van der Waals surface area contributed by atoms with E-state index in [9.17, 15) is 9.59 Å². The van der Waals surface area contributed by atoms with Gasteiger partial charge < -0.3 is 15.5 Å². The number of anilines is 1. The molecule has 5 nitrogen and oxygen atoms in total. The second kappa shape index (κ2) is 9.15. The van der Waals surface area contributed by atoms with E-state index in [4.69, 9.17) is 0 Å². The number of hydrogen-bond acceptors (Lipinski definition) is 2. The SMILES string of the molecule is Cc1ccccc1C[NH+](C)CC(=O)NCC(=O)Nc1cccc(C)c1C. The lowest BCUT2D eigenvalue weighted by molar-refractivity contribution is -0.885. The molecule has 0 aromatic heterocycles. The highest BCUT2D eigenvalue weighted by Gasteiger charge is 2.13. The fraction of sp³-hybridized carbons (Fsp3) is 0.333. The van der Waals surface area contributed by atoms with Crippen LogP contribution in [0.4, 0.5) is 5.69 Å². The van der Waals surface area contributed by atoms with Gasteiger partial charge in [0.2, 0.25) is 5.91 Å². The Balaban J connectivity index is 1.78. The number of likely N-dealkylation sites (N-methyl/N-ethyl adjacent to an activating group) is 1. The molecule has 138 valence electrons. The van der Waals surface area contributed by atoms with Gasteiger partial charge in [-0.1, -0.05) is 36.4 Å². The number of hydrogen-bond donors (Lipinski definition) is 3. The number of benzene rings is 2. The summed E-state index contributed by atoms with van der Waals surface area (Å²) in [4.78, 5) is 25.2. The zero-order valence-corrected chi connectivity index (χ0v) is 16.0. The molecule has 0 radical (unpaired) electrons. The van der Waals surface area contributed by atoms with E-state index < -0.39 is 0 Å². The number of aryl methyl sites for hydroxylation is 2. The summed E-state index contributed by atoms with van der Waals surface area (Å²) >= 11 is 0. The van der Waals surface area contributed by atoms with E-state index in [2.05, 4.69) is 29.7 Å². The minimum absolute atomic E-state index is 0.0239. The molecule has 0 aliphatic rings. The summed E-state index contributed by atoms with van der Waals surface area (Å²) in [5, 5.41) is 5.54. The predicted octanol–water partition coefficient (Wildman–Crippen LogP) is 1.38. The summed E-state index contributed by atoms with van der Waals surface area (Å²) < 4.78 is 0. The number of carbonyl (C=O) groups excluding carboxylic acids is 2. The van der Waals surface area contributed by atoms with Gasteiger partial charge in [0.25, 0.3) is 5.91 Å². The Labute approximate surface area is 155 Å². The molecule has 0 bridgehead atoms. The van der Waals surface area contributed by atoms with Crippen LogP contribution in [0.3, 0.4) is 0 Å². The molecule has 2 aromatic carbocycles. The van der Waals surface area contributed by atoms with Gasteiger partial charge >= 0.3 is 0 Å². The molecule has 0 saturated carbocycles. The highest BCUT2D eigenvalue weighted by atomic mass is 16.2. The monoisotopic (exact) mass is 354 g/mol. The van der Waals surface area contributed by atoms with E-state index in [0.717, 1.165) is 28.3 Å². The Kier molecular flexibility index (Phi) is 6.92. The molecule has 5 heteroatoms. The van der Waals surface area contributed by atoms with Gasteiger partial charge in [0.05, 0.1) is 13.6 Å². The maximum Gasteiger partial charge on any atom is 0.275 e. The summed E-state index contributed by atoms with van der Waals surface area (Å²) in [7, 11) is 1.97. The molecule has 3 N–H and O–H groups in total. The second-order valence-corrected chi connectivity index (χ2v) is 6.81. The van der Waals surface area contributed by atoms with Crippen molar-refractivity contribution in [2.75, 3.05) is 25.5 Å². The Morgan fingerprint density at radius 2 is 1.62 bits per heavy atom. The first kappa shape index (κ1) is 19.7. The topological polar surface area (TPSA) is 62.6 Å². The average molecular weight is 354 g/mol. The van der Waals surface area contributed by atoms with Crippen molar-refractivity contribution < 1.29 is 14.5 Å². The third-order valence-electron chi connectivity index (χ3n) is 4.54. The third kappa shape index (κ3) is 5.70. The number of carbonyl (C=O) groups is 2. The van der Waals surface area contributed by atoms with Crippen LogP contribution in [-0.2, 0) is 16.1 Å². The lowest BCUT2D eigenvalue weighted by Gasteiger charge is -2.15. The van der Waals surface area contributed by atoms with Crippen LogP contribution >= 0.6 is 0 Å². The molecule has 1 atom stereocenters. The standard InChI is InChI=1S/C21H27N3O2/c1-15-9-7-11-19(17(15)3)23-20(25)12-22-21(26)14-24(4)13-18-10-6-5-8-16(18)2/h5-11H,12-14H2,1-4H3,(H,22,26)(H,23,25)/p+1. The van der Waals surface area contributed by atoms with E-state index in [1.165, 1.54) is 11.1 Å². The first-order valence-corrected chi connectivity index (χ1v) is 8.85. The van der Waals surface area contributed by atoms with Crippen molar-refractivity contribution in [3.63, 3.8) is 0 Å². The van der Waals surface area contributed by atoms with Gasteiger partial charge in [0.15, 0.2) is 6.54 Å². The summed E-state index contributed by atoms with van der Waals surface area (Å²) in [6.07, 6.45) is 0. The Bertz CT molecular complexity index is 787. The van der Waals surface area contributed by atoms with Crippen molar-refractivity contribution in [1.29, 1.82) is 0 Å². The van der Waals surface area contributed by atoms with Crippen LogP contribution in [-0.4, -0.2) is 32.0 Å². The number of rotatable bonds is 7. The summed E-state index contributed by atoms with van der Waals surface area (Å²) in [5.41, 5.74) is 5.39. The van der Waals surface area contributed by atoms with Gasteiger partial charge in [-0.25, -0.2) is 0 Å². The average Bonchev–Trinajstić information content (AvgIpc) is 2.59. The number of quaternary nitrogens is 1. The highest BCUT2D eigenvalue weighted by Crippen LogP contribution is 2.17. The van der Waals surface area contributed by atoms with Crippen molar-refractivity contribution in [3.8, 4) is 0 Å². The molecule has 2 rings (SSSR count). The molecule has 0 spiro atoms. The summed E-state index contributed by atoms with van der Waals surface area (Å²) in [5.74, 6) is -0.351. The minimum Gasteiger partial charge on any atom is -0.342 e. The predicted molar refractivity (Wildman–Crippen MR) is 104 cm³/mol. The quantitative estimate of drug-likeness (QED) is 0.703. The molecule has 26 heavy (non-hydrogen) atoms. The van der Waals surface area contributed by atoms with Gasteiger partial charge in [-0.3, -0.25) is 9.59 Å². The smallest absolute Gasteiger partial charge is 0.275 e. The van der Waals surface area contributed by atoms with Crippen LogP contribution in [0, 0.1) is 20.8 Å². The molecular weight excluding hydrogens is 326 g/mol. The van der Waals surface area contributed by atoms with E-state index >= 15 is 0 Å². The van der Waals surface area contributed by atoms with Crippen molar-refractivity contribution in [3.05, 3.63) is 64.7 Å². The van der Waals surface area contributed by atoms with Gasteiger partial charge in [-0.15, -0.1) is 0 Å². The molecule has 0 saturated heterocycles. The Morgan fingerprint density at radius 1 is 0.923 bits per heavy atom. The Hall–Kier alpha value is -2.66. The molecule has 2 aromatic rings. The summed E-state index contributed by atoms with van der Waals surface area (Å²) in [6.45, 7) is 7.11. The lowest BCUT2D eigenvalue weighted by atomic mass is 10.1. The van der Waals surface area contributed by atoms with E-state index in [-0.39, 0.29) is 18.4 Å². The van der Waals surface area contributed by atoms with Crippen LogP contribution < -0.4 is 15.5 Å². The van der Waals surface area contributed by atoms with Crippen LogP contribution in [0.5, 0.6) is 0 Å². The van der Waals surface area contributed by atoms with Gasteiger partial charge in [0.1, 0.15) is 6.54 Å². The Morgan fingerprint density at radius 3 is 2.35 bits per heavy atom. The van der Waals surface area contributed by atoms with Gasteiger partial charge in [-0.2, -0.15) is 0 Å². The maximum absolute atomic E-state index is 12.1. The zero-order valence-electron chi connectivity index (χ0n) is 16.0. The van der Waals surface area contributed by atoms with E-state index in [0.29, 0.717) is 6.54 Å². The molecule has 0 aliphatic heterocycles. The number of nitrogens with one attached hydrogen (secondary N) is 3. The fourth-order valence-electron chi connectivity index (χ4n) is 2.79. The van der Waals surface area contributed by atoms with Crippen molar-refractivity contribution >= 4 is 17.5 Å². The molecule has 0 aliphatic carbocycles.